The summed E-state index contributed by atoms with van der Waals surface area (Å²) >= 11 is 0. The molecule has 6 heteroatoms. The average Bonchev–Trinajstić information content (AvgIpc) is 3.22. The second-order valence-corrected chi connectivity index (χ2v) is 7.51. The summed E-state index contributed by atoms with van der Waals surface area (Å²) in [4.78, 5) is 24.0. The second-order valence-electron chi connectivity index (χ2n) is 7.51. The van der Waals surface area contributed by atoms with Crippen molar-refractivity contribution in [3.63, 3.8) is 0 Å². The number of likely N-dealkylation sites (tertiary alicyclic amines) is 1. The third-order valence-electron chi connectivity index (χ3n) is 5.59. The van der Waals surface area contributed by atoms with Crippen molar-refractivity contribution in [3.8, 4) is 5.75 Å². The molecule has 1 fully saturated rings. The third-order valence-corrected chi connectivity index (χ3v) is 5.59. The molecule has 150 valence electrons. The predicted octanol–water partition coefficient (Wildman–Crippen LogP) is 3.66. The molecule has 0 aliphatic carbocycles. The molecule has 2 aromatic heterocycles. The second kappa shape index (κ2) is 8.47. The van der Waals surface area contributed by atoms with Crippen LogP contribution in [-0.2, 0) is 6.54 Å². The van der Waals surface area contributed by atoms with Crippen LogP contribution >= 0.6 is 0 Å². The third kappa shape index (κ3) is 4.01. The number of piperidine rings is 1. The first kappa shape index (κ1) is 19.2. The number of nitrogens with zero attached hydrogens (tertiary/aromatic N) is 4. The molecule has 6 nitrogen and oxygen atoms in total. The number of rotatable bonds is 5. The number of pyridine rings is 1. The van der Waals surface area contributed by atoms with Gasteiger partial charge in [0, 0.05) is 50.3 Å². The molecule has 1 aromatic carbocycles. The minimum Gasteiger partial charge on any atom is -0.496 e. The Labute approximate surface area is 171 Å². The molecule has 29 heavy (non-hydrogen) atoms. The van der Waals surface area contributed by atoms with Crippen LogP contribution in [0.15, 0.2) is 55.1 Å². The van der Waals surface area contributed by atoms with Crippen molar-refractivity contribution in [2.45, 2.75) is 32.2 Å². The van der Waals surface area contributed by atoms with E-state index in [4.69, 9.17) is 4.74 Å². The van der Waals surface area contributed by atoms with Crippen LogP contribution in [0.2, 0.25) is 0 Å². The summed E-state index contributed by atoms with van der Waals surface area (Å²) in [5.41, 5.74) is 2.79. The van der Waals surface area contributed by atoms with Gasteiger partial charge in [0.05, 0.1) is 12.7 Å². The first-order valence-electron chi connectivity index (χ1n) is 10.00. The molecule has 1 atom stereocenters. The van der Waals surface area contributed by atoms with Gasteiger partial charge >= 0.3 is 0 Å². The van der Waals surface area contributed by atoms with E-state index in [2.05, 4.69) is 14.5 Å². The Morgan fingerprint density at radius 1 is 1.21 bits per heavy atom. The number of imidazole rings is 1. The molecule has 0 spiro atoms. The number of hydrogen-bond acceptors (Lipinski definition) is 4. The zero-order chi connectivity index (χ0) is 20.2. The first-order chi connectivity index (χ1) is 14.2. The van der Waals surface area contributed by atoms with Gasteiger partial charge in [-0.3, -0.25) is 9.78 Å². The van der Waals surface area contributed by atoms with E-state index < -0.39 is 0 Å². The van der Waals surface area contributed by atoms with E-state index in [1.807, 2.05) is 66.9 Å². The van der Waals surface area contributed by atoms with Gasteiger partial charge in [-0.25, -0.2) is 4.98 Å². The minimum atomic E-state index is 0.0388. The van der Waals surface area contributed by atoms with Gasteiger partial charge in [-0.05, 0) is 49.1 Å². The SMILES string of the molecule is COc1cccc(C)c1C(=O)N1CCC[C@@H](c2nccn2Cc2ccncc2)C1. The fourth-order valence-electron chi connectivity index (χ4n) is 4.11. The van der Waals surface area contributed by atoms with Crippen LogP contribution < -0.4 is 4.74 Å². The van der Waals surface area contributed by atoms with Gasteiger partial charge in [-0.1, -0.05) is 12.1 Å². The summed E-state index contributed by atoms with van der Waals surface area (Å²) < 4.78 is 7.64. The molecule has 3 aromatic rings. The smallest absolute Gasteiger partial charge is 0.257 e. The Kier molecular flexibility index (Phi) is 5.60. The average molecular weight is 390 g/mol. The van der Waals surface area contributed by atoms with Crippen LogP contribution in [0.1, 0.15) is 46.1 Å². The Balaban J connectivity index is 1.54. The Bertz CT molecular complexity index is 984. The van der Waals surface area contributed by atoms with E-state index in [0.29, 0.717) is 17.9 Å². The van der Waals surface area contributed by atoms with Crippen LogP contribution in [-0.4, -0.2) is 45.5 Å². The molecular formula is C23H26N4O2. The van der Waals surface area contributed by atoms with Crippen molar-refractivity contribution in [2.75, 3.05) is 20.2 Å². The number of methoxy groups -OCH3 is 1. The summed E-state index contributed by atoms with van der Waals surface area (Å²) in [6.07, 6.45) is 9.47. The Morgan fingerprint density at radius 2 is 2.03 bits per heavy atom. The maximum absolute atomic E-state index is 13.3. The summed E-state index contributed by atoms with van der Waals surface area (Å²) in [5, 5.41) is 0. The van der Waals surface area contributed by atoms with Crippen molar-refractivity contribution in [2.24, 2.45) is 0 Å². The Morgan fingerprint density at radius 3 is 2.83 bits per heavy atom. The van der Waals surface area contributed by atoms with Gasteiger partial charge in [-0.15, -0.1) is 0 Å². The summed E-state index contributed by atoms with van der Waals surface area (Å²) in [6, 6.07) is 9.76. The lowest BCUT2D eigenvalue weighted by molar-refractivity contribution is 0.0699. The fraction of sp³-hybridized carbons (Fsp3) is 0.348. The summed E-state index contributed by atoms with van der Waals surface area (Å²) in [5.74, 6) is 1.93. The number of benzene rings is 1. The highest BCUT2D eigenvalue weighted by atomic mass is 16.5. The van der Waals surface area contributed by atoms with E-state index in [9.17, 15) is 4.79 Å². The quantitative estimate of drug-likeness (QED) is 0.667. The number of ether oxygens (including phenoxy) is 1. The molecule has 0 N–H and O–H groups in total. The van der Waals surface area contributed by atoms with Gasteiger partial charge in [0.1, 0.15) is 11.6 Å². The highest BCUT2D eigenvalue weighted by Crippen LogP contribution is 2.30. The van der Waals surface area contributed by atoms with Crippen LogP contribution in [0.3, 0.4) is 0 Å². The standard InChI is InChI=1S/C23H26N4O2/c1-17-5-3-7-20(29-2)21(17)23(28)27-13-4-6-19(16-27)22-25-12-14-26(22)15-18-8-10-24-11-9-18/h3,5,7-12,14,19H,4,6,13,15-16H2,1-2H3/t19-/m1/s1. The van der Waals surface area contributed by atoms with Gasteiger partial charge in [-0.2, -0.15) is 0 Å². The molecule has 3 heterocycles. The van der Waals surface area contributed by atoms with Crippen molar-refractivity contribution in [3.05, 3.63) is 77.6 Å². The van der Waals surface area contributed by atoms with Crippen molar-refractivity contribution >= 4 is 5.91 Å². The van der Waals surface area contributed by atoms with E-state index >= 15 is 0 Å². The van der Waals surface area contributed by atoms with E-state index in [0.717, 1.165) is 37.3 Å². The number of aryl methyl sites for hydroxylation is 1. The maximum atomic E-state index is 13.3. The lowest BCUT2D eigenvalue weighted by Crippen LogP contribution is -2.40. The molecule has 1 aliphatic rings. The topological polar surface area (TPSA) is 60.2 Å². The molecule has 0 saturated carbocycles. The summed E-state index contributed by atoms with van der Waals surface area (Å²) in [6.45, 7) is 4.15. The zero-order valence-electron chi connectivity index (χ0n) is 16.9. The highest BCUT2D eigenvalue weighted by molar-refractivity contribution is 5.98. The van der Waals surface area contributed by atoms with Crippen LogP contribution in [0.5, 0.6) is 5.75 Å². The first-order valence-corrected chi connectivity index (χ1v) is 10.00. The fourth-order valence-corrected chi connectivity index (χ4v) is 4.11. The van der Waals surface area contributed by atoms with Crippen LogP contribution in [0, 0.1) is 6.92 Å². The minimum absolute atomic E-state index is 0.0388. The molecule has 1 amide bonds. The van der Waals surface area contributed by atoms with E-state index in [1.54, 1.807) is 7.11 Å². The van der Waals surface area contributed by atoms with Gasteiger partial charge < -0.3 is 14.2 Å². The summed E-state index contributed by atoms with van der Waals surface area (Å²) in [7, 11) is 1.61. The number of aromatic nitrogens is 3. The normalized spacial score (nSPS) is 16.6. The van der Waals surface area contributed by atoms with Crippen LogP contribution in [0.4, 0.5) is 0 Å². The number of amides is 1. The highest BCUT2D eigenvalue weighted by Gasteiger charge is 2.30. The molecular weight excluding hydrogens is 364 g/mol. The number of hydrogen-bond donors (Lipinski definition) is 0. The van der Waals surface area contributed by atoms with Gasteiger partial charge in [0.25, 0.3) is 5.91 Å². The molecule has 0 unspecified atom stereocenters. The van der Waals surface area contributed by atoms with E-state index in [-0.39, 0.29) is 11.8 Å². The monoisotopic (exact) mass is 390 g/mol. The molecule has 1 aliphatic heterocycles. The zero-order valence-corrected chi connectivity index (χ0v) is 16.9. The van der Waals surface area contributed by atoms with Crippen molar-refractivity contribution < 1.29 is 9.53 Å². The molecule has 0 radical (unpaired) electrons. The molecule has 1 saturated heterocycles. The Hall–Kier alpha value is -3.15. The predicted molar refractivity (Wildman–Crippen MR) is 111 cm³/mol. The largest absolute Gasteiger partial charge is 0.496 e. The lowest BCUT2D eigenvalue weighted by Gasteiger charge is -2.33. The van der Waals surface area contributed by atoms with Crippen molar-refractivity contribution in [1.29, 1.82) is 0 Å². The van der Waals surface area contributed by atoms with Crippen LogP contribution in [0.25, 0.3) is 0 Å². The number of carbonyl (C=O) groups is 1. The van der Waals surface area contributed by atoms with Crippen molar-refractivity contribution in [1.82, 2.24) is 19.4 Å². The van der Waals surface area contributed by atoms with Gasteiger partial charge in [0.2, 0.25) is 0 Å². The molecule has 4 rings (SSSR count). The molecule has 0 bridgehead atoms. The lowest BCUT2D eigenvalue weighted by atomic mass is 9.95. The number of carbonyl (C=O) groups excluding carboxylic acids is 1. The maximum Gasteiger partial charge on any atom is 0.257 e. The van der Waals surface area contributed by atoms with Gasteiger partial charge in [0.15, 0.2) is 0 Å². The van der Waals surface area contributed by atoms with E-state index in [1.165, 1.54) is 5.56 Å².